The Morgan fingerprint density at radius 3 is 2.75 bits per heavy atom. The van der Waals surface area contributed by atoms with E-state index in [1.54, 1.807) is 24.3 Å². The number of benzene rings is 2. The molecule has 0 amide bonds. The molecule has 0 saturated carbocycles. The highest BCUT2D eigenvalue weighted by molar-refractivity contribution is 5.97. The molecule has 0 aliphatic rings. The average Bonchev–Trinajstić information content (AvgIpc) is 2.53. The number of methoxy groups -OCH3 is 1. The van der Waals surface area contributed by atoms with Crippen molar-refractivity contribution in [1.29, 1.82) is 0 Å². The molecule has 0 bridgehead atoms. The number of allylic oxidation sites excluding steroid dienone is 2. The largest absolute Gasteiger partial charge is 0.507 e. The third-order valence-electron chi connectivity index (χ3n) is 3.68. The monoisotopic (exact) mass is 324 g/mol. The maximum Gasteiger partial charge on any atom is 0.205 e. The van der Waals surface area contributed by atoms with Crippen molar-refractivity contribution in [2.75, 3.05) is 7.11 Å². The highest BCUT2D eigenvalue weighted by Gasteiger charge is 2.19. The third-order valence-corrected chi connectivity index (χ3v) is 3.68. The Morgan fingerprint density at radius 2 is 2.08 bits per heavy atom. The molecule has 0 fully saturated rings. The Balaban J connectivity index is 2.48. The Kier molecular flexibility index (Phi) is 3.77. The predicted molar refractivity (Wildman–Crippen MR) is 93.7 cm³/mol. The first-order valence-electron chi connectivity index (χ1n) is 7.26. The normalized spacial score (nSPS) is 11.4. The van der Waals surface area contributed by atoms with Crippen LogP contribution in [0.5, 0.6) is 17.2 Å². The highest BCUT2D eigenvalue weighted by Crippen LogP contribution is 2.39. The van der Waals surface area contributed by atoms with E-state index in [1.165, 1.54) is 19.2 Å². The van der Waals surface area contributed by atoms with Crippen molar-refractivity contribution in [1.82, 2.24) is 0 Å². The minimum absolute atomic E-state index is 0.0659. The zero-order valence-corrected chi connectivity index (χ0v) is 13.3. The van der Waals surface area contributed by atoms with E-state index in [9.17, 15) is 15.0 Å². The second-order valence-corrected chi connectivity index (χ2v) is 5.49. The average molecular weight is 324 g/mol. The van der Waals surface area contributed by atoms with Gasteiger partial charge >= 0.3 is 0 Å². The molecule has 2 aromatic carbocycles. The Bertz CT molecular complexity index is 1060. The number of phenolic OH excluding ortho intramolecular Hbond substituents is 2. The predicted octanol–water partition coefficient (Wildman–Crippen LogP) is 3.96. The molecule has 0 radical (unpaired) electrons. The Hall–Kier alpha value is -3.21. The lowest BCUT2D eigenvalue weighted by molar-refractivity contribution is 0.371. The molecule has 0 saturated heterocycles. The molecule has 3 rings (SSSR count). The lowest BCUT2D eigenvalue weighted by Crippen LogP contribution is -2.04. The van der Waals surface area contributed by atoms with Crippen LogP contribution in [-0.2, 0) is 0 Å². The van der Waals surface area contributed by atoms with Gasteiger partial charge < -0.3 is 19.4 Å². The van der Waals surface area contributed by atoms with E-state index in [1.807, 2.05) is 6.92 Å². The van der Waals surface area contributed by atoms with Crippen LogP contribution in [0.4, 0.5) is 0 Å². The molecular weight excluding hydrogens is 308 g/mol. The van der Waals surface area contributed by atoms with Gasteiger partial charge in [0.2, 0.25) is 11.2 Å². The maximum absolute atomic E-state index is 12.8. The summed E-state index contributed by atoms with van der Waals surface area (Å²) in [5, 5.41) is 20.7. The minimum atomic E-state index is -0.396. The van der Waals surface area contributed by atoms with Crippen LogP contribution >= 0.6 is 0 Å². The SMILES string of the molecule is C=C(C)/C=C/c1cc2c(=O)c3c(O)cccc3oc2c(OC)c1O. The number of phenols is 2. The van der Waals surface area contributed by atoms with Crippen LogP contribution in [0.25, 0.3) is 28.0 Å². The van der Waals surface area contributed by atoms with Gasteiger partial charge in [-0.2, -0.15) is 0 Å². The molecule has 3 aromatic rings. The first-order valence-corrected chi connectivity index (χ1v) is 7.26. The van der Waals surface area contributed by atoms with Crippen LogP contribution in [0.1, 0.15) is 12.5 Å². The molecule has 1 aromatic heterocycles. The number of hydrogen-bond donors (Lipinski definition) is 2. The third kappa shape index (κ3) is 2.40. The van der Waals surface area contributed by atoms with Gasteiger partial charge in [-0.3, -0.25) is 4.79 Å². The number of aromatic hydroxyl groups is 2. The van der Waals surface area contributed by atoms with Crippen LogP contribution < -0.4 is 10.2 Å². The summed E-state index contributed by atoms with van der Waals surface area (Å²) >= 11 is 0. The zero-order chi connectivity index (χ0) is 17.4. The van der Waals surface area contributed by atoms with Gasteiger partial charge in [0, 0.05) is 5.56 Å². The highest BCUT2D eigenvalue weighted by atomic mass is 16.5. The molecular formula is C19H16O5. The number of rotatable bonds is 3. The topological polar surface area (TPSA) is 79.9 Å². The van der Waals surface area contributed by atoms with Crippen molar-refractivity contribution in [3.05, 3.63) is 58.3 Å². The van der Waals surface area contributed by atoms with Crippen LogP contribution in [0.2, 0.25) is 0 Å². The molecule has 5 heteroatoms. The summed E-state index contributed by atoms with van der Waals surface area (Å²) in [6, 6.07) is 6.07. The van der Waals surface area contributed by atoms with Crippen LogP contribution in [-0.4, -0.2) is 17.3 Å². The number of ether oxygens (including phenoxy) is 1. The van der Waals surface area contributed by atoms with Gasteiger partial charge in [0.1, 0.15) is 16.7 Å². The Morgan fingerprint density at radius 1 is 1.33 bits per heavy atom. The minimum Gasteiger partial charge on any atom is -0.507 e. The summed E-state index contributed by atoms with van der Waals surface area (Å²) in [5.41, 5.74) is 1.13. The fourth-order valence-electron chi connectivity index (χ4n) is 2.55. The van der Waals surface area contributed by atoms with E-state index in [-0.39, 0.29) is 39.2 Å². The standard InChI is InChI=1S/C19H16O5/c1-10(2)7-8-11-9-12-17(22)15-13(20)5-4-6-14(15)24-18(12)19(23-3)16(11)21/h4-9,20-21H,1H2,2-3H3/b8-7+. The second kappa shape index (κ2) is 5.77. The molecule has 0 atom stereocenters. The Labute approximate surface area is 137 Å². The molecule has 1 heterocycles. The fourth-order valence-corrected chi connectivity index (χ4v) is 2.55. The van der Waals surface area contributed by atoms with E-state index >= 15 is 0 Å². The van der Waals surface area contributed by atoms with Gasteiger partial charge in [-0.05, 0) is 25.1 Å². The first kappa shape index (κ1) is 15.7. The van der Waals surface area contributed by atoms with Crippen molar-refractivity contribution in [3.8, 4) is 17.2 Å². The molecule has 0 aliphatic heterocycles. The van der Waals surface area contributed by atoms with E-state index < -0.39 is 5.43 Å². The van der Waals surface area contributed by atoms with Crippen molar-refractivity contribution >= 4 is 28.0 Å². The molecule has 122 valence electrons. The molecule has 24 heavy (non-hydrogen) atoms. The smallest absolute Gasteiger partial charge is 0.205 e. The molecule has 0 aliphatic carbocycles. The molecule has 2 N–H and O–H groups in total. The summed E-state index contributed by atoms with van der Waals surface area (Å²) in [4.78, 5) is 12.8. The second-order valence-electron chi connectivity index (χ2n) is 5.49. The summed E-state index contributed by atoms with van der Waals surface area (Å²) in [6.07, 6.45) is 3.34. The summed E-state index contributed by atoms with van der Waals surface area (Å²) in [5.74, 6) is -0.226. The summed E-state index contributed by atoms with van der Waals surface area (Å²) in [6.45, 7) is 5.57. The first-order chi connectivity index (χ1) is 11.4. The van der Waals surface area contributed by atoms with Gasteiger partial charge in [-0.1, -0.05) is 30.4 Å². The van der Waals surface area contributed by atoms with Crippen molar-refractivity contribution in [3.63, 3.8) is 0 Å². The van der Waals surface area contributed by atoms with E-state index in [2.05, 4.69) is 6.58 Å². The van der Waals surface area contributed by atoms with E-state index in [0.29, 0.717) is 5.56 Å². The van der Waals surface area contributed by atoms with Crippen molar-refractivity contribution < 1.29 is 19.4 Å². The number of fused-ring (bicyclic) bond motifs is 2. The van der Waals surface area contributed by atoms with Crippen LogP contribution in [0, 0.1) is 0 Å². The van der Waals surface area contributed by atoms with Crippen LogP contribution in [0.15, 0.2) is 51.7 Å². The van der Waals surface area contributed by atoms with Gasteiger partial charge in [0.25, 0.3) is 0 Å². The van der Waals surface area contributed by atoms with E-state index in [4.69, 9.17) is 9.15 Å². The quantitative estimate of drug-likeness (QED) is 0.563. The van der Waals surface area contributed by atoms with Gasteiger partial charge in [0.05, 0.1) is 12.5 Å². The van der Waals surface area contributed by atoms with Gasteiger partial charge in [-0.15, -0.1) is 0 Å². The number of hydrogen-bond acceptors (Lipinski definition) is 5. The lowest BCUT2D eigenvalue weighted by Gasteiger charge is -2.11. The van der Waals surface area contributed by atoms with Gasteiger partial charge in [0.15, 0.2) is 11.3 Å². The zero-order valence-electron chi connectivity index (χ0n) is 13.3. The maximum atomic E-state index is 12.8. The van der Waals surface area contributed by atoms with Crippen LogP contribution in [0.3, 0.4) is 0 Å². The fraction of sp³-hybridized carbons (Fsp3) is 0.105. The summed E-state index contributed by atoms with van der Waals surface area (Å²) in [7, 11) is 1.38. The van der Waals surface area contributed by atoms with Gasteiger partial charge in [-0.25, -0.2) is 0 Å². The summed E-state index contributed by atoms with van der Waals surface area (Å²) < 4.78 is 10.9. The van der Waals surface area contributed by atoms with Crippen molar-refractivity contribution in [2.24, 2.45) is 0 Å². The molecule has 0 spiro atoms. The molecule has 0 unspecified atom stereocenters. The molecule has 5 nitrogen and oxygen atoms in total. The van der Waals surface area contributed by atoms with E-state index in [0.717, 1.165) is 5.57 Å². The van der Waals surface area contributed by atoms with Crippen molar-refractivity contribution in [2.45, 2.75) is 6.92 Å². The lowest BCUT2D eigenvalue weighted by atomic mass is 10.1.